The number of esters is 3. The summed E-state index contributed by atoms with van der Waals surface area (Å²) in [5, 5.41) is 7.68. The molecule has 1 rings (SSSR count). The maximum absolute atomic E-state index is 13.0. The van der Waals surface area contributed by atoms with Gasteiger partial charge in [-0.2, -0.15) is 0 Å². The van der Waals surface area contributed by atoms with Gasteiger partial charge in [0.05, 0.1) is 6.61 Å². The van der Waals surface area contributed by atoms with Crippen molar-refractivity contribution in [2.75, 3.05) is 19.7 Å². The average Bonchev–Trinajstić information content (AvgIpc) is 2.96. The molecule has 288 valence electrons. The third-order valence-corrected chi connectivity index (χ3v) is 6.07. The fourth-order valence-corrected chi connectivity index (χ4v) is 3.96. The minimum atomic E-state index is -1.15. The number of carbonyl (C=O) groups is 6. The zero-order chi connectivity index (χ0) is 38.8. The Kier molecular flexibility index (Phi) is 18.3. The van der Waals surface area contributed by atoms with E-state index in [0.717, 1.165) is 6.42 Å². The number of nitrogens with one attached hydrogen (secondary N) is 3. The first kappa shape index (κ1) is 44.5. The minimum Gasteiger partial charge on any atom is -0.464 e. The maximum atomic E-state index is 13.0. The van der Waals surface area contributed by atoms with E-state index >= 15 is 0 Å². The summed E-state index contributed by atoms with van der Waals surface area (Å²) >= 11 is 0. The molecule has 15 nitrogen and oxygen atoms in total. The Labute approximate surface area is 301 Å². The molecule has 0 aliphatic rings. The van der Waals surface area contributed by atoms with Crippen molar-refractivity contribution in [3.63, 3.8) is 0 Å². The van der Waals surface area contributed by atoms with E-state index in [-0.39, 0.29) is 63.3 Å². The third-order valence-electron chi connectivity index (χ3n) is 6.07. The summed E-state index contributed by atoms with van der Waals surface area (Å²) in [5.41, 5.74) is -1.72. The highest BCUT2D eigenvalue weighted by atomic mass is 16.6. The van der Waals surface area contributed by atoms with E-state index in [2.05, 4.69) is 16.0 Å². The lowest BCUT2D eigenvalue weighted by Gasteiger charge is -2.23. The van der Waals surface area contributed by atoms with Crippen LogP contribution in [0, 0.1) is 0 Å². The van der Waals surface area contributed by atoms with Gasteiger partial charge in [-0.25, -0.2) is 19.2 Å². The molecule has 15 heteroatoms. The van der Waals surface area contributed by atoms with Crippen LogP contribution in [-0.4, -0.2) is 78.7 Å². The van der Waals surface area contributed by atoms with Crippen molar-refractivity contribution in [2.24, 2.45) is 0 Å². The SMILES string of the molecule is CCCCOC(=O)C(Cc1ccc(OC(=O)CCCNC(=O)OC(C)(C)C)c(OC(=O)CCCNC(=O)OC(C)(C)C)c1)NC(=O)OC(C)(C)C. The highest BCUT2D eigenvalue weighted by Crippen LogP contribution is 2.30. The monoisotopic (exact) mass is 723 g/mol. The van der Waals surface area contributed by atoms with E-state index in [4.69, 9.17) is 28.4 Å². The van der Waals surface area contributed by atoms with Crippen LogP contribution in [0.4, 0.5) is 14.4 Å². The number of hydrogen-bond donors (Lipinski definition) is 3. The highest BCUT2D eigenvalue weighted by Gasteiger charge is 2.27. The number of alkyl carbamates (subject to hydrolysis) is 3. The fraction of sp³-hybridized carbons (Fsp3) is 0.667. The van der Waals surface area contributed by atoms with Gasteiger partial charge in [-0.05, 0) is 99.3 Å². The number of hydrogen-bond acceptors (Lipinski definition) is 12. The Morgan fingerprint density at radius 2 is 1.12 bits per heavy atom. The predicted octanol–water partition coefficient (Wildman–Crippen LogP) is 5.89. The average molecular weight is 724 g/mol. The van der Waals surface area contributed by atoms with Crippen LogP contribution in [0.1, 0.15) is 113 Å². The number of benzene rings is 1. The number of rotatable bonds is 17. The first-order chi connectivity index (χ1) is 23.6. The van der Waals surface area contributed by atoms with Gasteiger partial charge < -0.3 is 44.4 Å². The van der Waals surface area contributed by atoms with Crippen molar-refractivity contribution in [2.45, 2.75) is 137 Å². The Hall–Kier alpha value is -4.56. The molecule has 0 spiro atoms. The molecule has 0 heterocycles. The molecule has 0 saturated carbocycles. The normalized spacial score (nSPS) is 12.1. The van der Waals surface area contributed by atoms with Crippen LogP contribution in [0.2, 0.25) is 0 Å². The summed E-state index contributed by atoms with van der Waals surface area (Å²) in [6.07, 6.45) is -0.408. The van der Waals surface area contributed by atoms with Gasteiger partial charge in [0.1, 0.15) is 22.8 Å². The van der Waals surface area contributed by atoms with Crippen LogP contribution in [0.5, 0.6) is 11.5 Å². The second-order valence-corrected chi connectivity index (χ2v) is 14.7. The molecule has 0 radical (unpaired) electrons. The standard InChI is InChI=1S/C36H57N3O12/c1-11-12-21-46-30(42)25(39-33(45)51-36(8,9)10)22-24-17-18-26(47-28(40)15-13-19-37-31(43)49-34(2,3)4)27(23-24)48-29(41)16-14-20-38-32(44)50-35(5,6)7/h17-18,23,25H,11-16,19-22H2,1-10H3,(H,37,43)(H,38,44)(H,39,45). The van der Waals surface area contributed by atoms with Crippen LogP contribution in [-0.2, 0) is 39.8 Å². The molecule has 1 unspecified atom stereocenters. The summed E-state index contributed by atoms with van der Waals surface area (Å²) in [5.74, 6) is -2.18. The van der Waals surface area contributed by atoms with Crippen molar-refractivity contribution in [1.29, 1.82) is 0 Å². The van der Waals surface area contributed by atoms with Gasteiger partial charge in [-0.3, -0.25) is 9.59 Å². The number of unbranched alkanes of at least 4 members (excludes halogenated alkanes) is 1. The largest absolute Gasteiger partial charge is 0.464 e. The lowest BCUT2D eigenvalue weighted by molar-refractivity contribution is -0.146. The molecular formula is C36H57N3O12. The summed E-state index contributed by atoms with van der Waals surface area (Å²) in [6.45, 7) is 17.9. The van der Waals surface area contributed by atoms with Gasteiger partial charge in [0.2, 0.25) is 0 Å². The van der Waals surface area contributed by atoms with E-state index in [1.54, 1.807) is 68.4 Å². The molecule has 3 amide bonds. The van der Waals surface area contributed by atoms with Crippen LogP contribution >= 0.6 is 0 Å². The smallest absolute Gasteiger partial charge is 0.408 e. The zero-order valence-corrected chi connectivity index (χ0v) is 31.8. The zero-order valence-electron chi connectivity index (χ0n) is 31.8. The lowest BCUT2D eigenvalue weighted by Crippen LogP contribution is -2.45. The van der Waals surface area contributed by atoms with Crippen LogP contribution in [0.15, 0.2) is 18.2 Å². The molecule has 0 fully saturated rings. The van der Waals surface area contributed by atoms with Crippen LogP contribution < -0.4 is 25.4 Å². The molecular weight excluding hydrogens is 666 g/mol. The molecule has 0 aliphatic carbocycles. The quantitative estimate of drug-likeness (QED) is 0.0748. The molecule has 1 aromatic rings. The molecule has 0 aromatic heterocycles. The molecule has 3 N–H and O–H groups in total. The minimum absolute atomic E-state index is 0.0637. The van der Waals surface area contributed by atoms with Gasteiger partial charge in [0, 0.05) is 32.4 Å². The second-order valence-electron chi connectivity index (χ2n) is 14.7. The van der Waals surface area contributed by atoms with Gasteiger partial charge in [-0.15, -0.1) is 0 Å². The molecule has 0 saturated heterocycles. The van der Waals surface area contributed by atoms with E-state index < -0.39 is 59.0 Å². The summed E-state index contributed by atoms with van der Waals surface area (Å²) in [7, 11) is 0. The van der Waals surface area contributed by atoms with Crippen molar-refractivity contribution in [1.82, 2.24) is 16.0 Å². The van der Waals surface area contributed by atoms with E-state index in [9.17, 15) is 28.8 Å². The van der Waals surface area contributed by atoms with Crippen molar-refractivity contribution >= 4 is 36.2 Å². The first-order valence-electron chi connectivity index (χ1n) is 17.2. The number of carbonyl (C=O) groups excluding carboxylic acids is 6. The van der Waals surface area contributed by atoms with Crippen LogP contribution in [0.25, 0.3) is 0 Å². The molecule has 1 aromatic carbocycles. The van der Waals surface area contributed by atoms with Crippen LogP contribution in [0.3, 0.4) is 0 Å². The highest BCUT2D eigenvalue weighted by molar-refractivity contribution is 5.82. The Morgan fingerprint density at radius 1 is 0.647 bits per heavy atom. The molecule has 1 atom stereocenters. The van der Waals surface area contributed by atoms with Gasteiger partial charge in [0.25, 0.3) is 0 Å². The Morgan fingerprint density at radius 3 is 1.59 bits per heavy atom. The summed E-state index contributed by atoms with van der Waals surface area (Å²) < 4.78 is 32.2. The molecule has 0 bridgehead atoms. The Bertz CT molecular complexity index is 1330. The Balaban J connectivity index is 3.12. The van der Waals surface area contributed by atoms with E-state index in [1.165, 1.54) is 12.1 Å². The van der Waals surface area contributed by atoms with E-state index in [1.807, 2.05) is 6.92 Å². The van der Waals surface area contributed by atoms with E-state index in [0.29, 0.717) is 12.0 Å². The van der Waals surface area contributed by atoms with Gasteiger partial charge in [0.15, 0.2) is 11.5 Å². The number of ether oxygens (including phenoxy) is 6. The molecule has 0 aliphatic heterocycles. The predicted molar refractivity (Wildman–Crippen MR) is 187 cm³/mol. The van der Waals surface area contributed by atoms with Crippen molar-refractivity contribution in [3.8, 4) is 11.5 Å². The van der Waals surface area contributed by atoms with Crippen molar-refractivity contribution < 1.29 is 57.2 Å². The third kappa shape index (κ3) is 22.0. The fourth-order valence-electron chi connectivity index (χ4n) is 3.96. The first-order valence-corrected chi connectivity index (χ1v) is 17.2. The maximum Gasteiger partial charge on any atom is 0.408 e. The second kappa shape index (κ2) is 21.0. The lowest BCUT2D eigenvalue weighted by atomic mass is 10.1. The van der Waals surface area contributed by atoms with Gasteiger partial charge >= 0.3 is 36.2 Å². The summed E-state index contributed by atoms with van der Waals surface area (Å²) in [6, 6.07) is 3.24. The number of amides is 3. The topological polar surface area (TPSA) is 194 Å². The van der Waals surface area contributed by atoms with Crippen molar-refractivity contribution in [3.05, 3.63) is 23.8 Å². The van der Waals surface area contributed by atoms with Gasteiger partial charge in [-0.1, -0.05) is 19.4 Å². The summed E-state index contributed by atoms with van der Waals surface area (Å²) in [4.78, 5) is 75.0. The molecule has 51 heavy (non-hydrogen) atoms.